The predicted octanol–water partition coefficient (Wildman–Crippen LogP) is 2.14. The third-order valence-electron chi connectivity index (χ3n) is 3.94. The molecule has 27 heavy (non-hydrogen) atoms. The van der Waals surface area contributed by atoms with Crippen LogP contribution in [0.15, 0.2) is 48.8 Å². The maximum atomic E-state index is 9.08. The smallest absolute Gasteiger partial charge is 0.231 e. The van der Waals surface area contributed by atoms with Gasteiger partial charge in [0.15, 0.2) is 23.9 Å². The van der Waals surface area contributed by atoms with Crippen LogP contribution in [0.2, 0.25) is 0 Å². The number of methoxy groups -OCH3 is 1. The summed E-state index contributed by atoms with van der Waals surface area (Å²) in [6, 6.07) is 12.2. The first kappa shape index (κ1) is 18.9. The summed E-state index contributed by atoms with van der Waals surface area (Å²) in [4.78, 5) is 3.22. The van der Waals surface area contributed by atoms with E-state index in [9.17, 15) is 0 Å². The molecule has 0 bridgehead atoms. The van der Waals surface area contributed by atoms with Crippen molar-refractivity contribution in [3.63, 3.8) is 0 Å². The lowest BCUT2D eigenvalue weighted by atomic mass is 10.0. The molecule has 0 atom stereocenters. The Morgan fingerprint density at radius 1 is 1.11 bits per heavy atom. The minimum Gasteiger partial charge on any atom is -0.748 e. The van der Waals surface area contributed by atoms with Gasteiger partial charge in [0.05, 0.1) is 17.2 Å². The van der Waals surface area contributed by atoms with E-state index >= 15 is 0 Å². The molecule has 1 N–H and O–H groups in total. The number of ether oxygens (including phenoxy) is 3. The first-order valence-corrected chi connectivity index (χ1v) is 9.91. The Morgan fingerprint density at radius 3 is 2.37 bits per heavy atom. The van der Waals surface area contributed by atoms with Gasteiger partial charge in [0.25, 0.3) is 0 Å². The van der Waals surface area contributed by atoms with Crippen LogP contribution in [-0.2, 0) is 16.5 Å². The zero-order valence-corrected chi connectivity index (χ0v) is 15.7. The molecule has 0 saturated heterocycles. The van der Waals surface area contributed by atoms with E-state index in [0.29, 0.717) is 13.0 Å². The molecule has 7 nitrogen and oxygen atoms in total. The summed E-state index contributed by atoms with van der Waals surface area (Å²) >= 11 is 0. The van der Waals surface area contributed by atoms with Crippen LogP contribution in [0.5, 0.6) is 17.2 Å². The van der Waals surface area contributed by atoms with E-state index in [1.807, 2.05) is 30.6 Å². The van der Waals surface area contributed by atoms with Crippen LogP contribution >= 0.6 is 0 Å². The van der Waals surface area contributed by atoms with Crippen molar-refractivity contribution in [3.8, 4) is 17.2 Å². The molecule has 3 aromatic rings. The number of H-pyrrole nitrogens is 1. The van der Waals surface area contributed by atoms with E-state index in [0.717, 1.165) is 29.1 Å². The normalized spacial score (nSPS) is 12.4. The fourth-order valence-corrected chi connectivity index (χ4v) is 2.77. The van der Waals surface area contributed by atoms with Crippen LogP contribution in [0.3, 0.4) is 0 Å². The van der Waals surface area contributed by atoms with E-state index < -0.39 is 10.1 Å². The largest absolute Gasteiger partial charge is 0.748 e. The number of aromatic amines is 1. The van der Waals surface area contributed by atoms with Gasteiger partial charge in [-0.15, -0.1) is 0 Å². The van der Waals surface area contributed by atoms with Crippen LogP contribution in [-0.4, -0.2) is 33.1 Å². The summed E-state index contributed by atoms with van der Waals surface area (Å²) in [6.45, 7) is 0.295. The summed E-state index contributed by atoms with van der Waals surface area (Å²) in [5, 5.41) is 2.30. The highest BCUT2D eigenvalue weighted by atomic mass is 32.2. The van der Waals surface area contributed by atoms with Gasteiger partial charge < -0.3 is 18.8 Å². The highest BCUT2D eigenvalue weighted by Crippen LogP contribution is 2.36. The first-order chi connectivity index (χ1) is 12.8. The molecule has 1 aliphatic heterocycles. The van der Waals surface area contributed by atoms with Crippen molar-refractivity contribution >= 4 is 20.9 Å². The Labute approximate surface area is 157 Å². The molecule has 142 valence electrons. The molecule has 1 aliphatic rings. The summed E-state index contributed by atoms with van der Waals surface area (Å²) in [5.41, 5.74) is 2.46. The molecule has 2 heterocycles. The highest BCUT2D eigenvalue weighted by molar-refractivity contribution is 7.84. The van der Waals surface area contributed by atoms with Gasteiger partial charge in [0, 0.05) is 29.0 Å². The lowest BCUT2D eigenvalue weighted by Crippen LogP contribution is -2.03. The maximum absolute atomic E-state index is 9.08. The molecule has 1 aromatic heterocycles. The fourth-order valence-electron chi connectivity index (χ4n) is 2.77. The second kappa shape index (κ2) is 7.81. The molecular weight excluding hydrogens is 370 g/mol. The summed E-state index contributed by atoms with van der Waals surface area (Å²) in [6.07, 6.45) is 5.47. The van der Waals surface area contributed by atoms with Crippen LogP contribution in [0.4, 0.5) is 0 Å². The number of hydrogen-bond acceptors (Lipinski definition) is 6. The Kier molecular flexibility index (Phi) is 5.48. The van der Waals surface area contributed by atoms with Gasteiger partial charge in [-0.1, -0.05) is 12.1 Å². The van der Waals surface area contributed by atoms with Crippen molar-refractivity contribution in [3.05, 3.63) is 59.9 Å². The Hall–Kier alpha value is -2.84. The van der Waals surface area contributed by atoms with E-state index in [1.54, 1.807) is 7.11 Å². The quantitative estimate of drug-likeness (QED) is 0.637. The van der Waals surface area contributed by atoms with Crippen molar-refractivity contribution in [1.82, 2.24) is 0 Å². The number of fused-ring (bicyclic) bond motifs is 2. The van der Waals surface area contributed by atoms with Crippen molar-refractivity contribution in [1.29, 1.82) is 0 Å². The molecule has 0 radical (unpaired) electrons. The average molecular weight is 389 g/mol. The SMILES string of the molecule is COc1ccc(Cc2c[nH+]cc3cc4c(cc23)OCO4)cc1.CS(=O)(=O)[O-]. The van der Waals surface area contributed by atoms with Gasteiger partial charge in [-0.25, -0.2) is 13.4 Å². The second-order valence-electron chi connectivity index (χ2n) is 6.00. The number of nitrogens with one attached hydrogen (secondary N) is 1. The second-order valence-corrected chi connectivity index (χ2v) is 7.41. The van der Waals surface area contributed by atoms with E-state index in [1.165, 1.54) is 16.5 Å². The Balaban J connectivity index is 0.000000376. The lowest BCUT2D eigenvalue weighted by Gasteiger charge is -2.06. The van der Waals surface area contributed by atoms with Crippen molar-refractivity contribution < 1.29 is 32.2 Å². The molecule has 0 amide bonds. The zero-order chi connectivity index (χ0) is 19.4. The third kappa shape index (κ3) is 5.08. The molecular formula is C19H19NO6S. The van der Waals surface area contributed by atoms with E-state index in [2.05, 4.69) is 23.2 Å². The minimum absolute atomic E-state index is 0.295. The number of benzene rings is 2. The molecule has 0 aliphatic carbocycles. The molecule has 0 fully saturated rings. The highest BCUT2D eigenvalue weighted by Gasteiger charge is 2.17. The Bertz CT molecular complexity index is 1040. The standard InChI is InChI=1S/C18H15NO3.CH4O3S/c1-20-15-4-2-12(3-5-15)6-13-9-19-10-14-7-17-18(8-16(13)14)22-11-21-17;1-5(2,3)4/h2-5,7-10H,6,11H2,1H3;1H3,(H,2,3,4). The first-order valence-electron chi connectivity index (χ1n) is 8.09. The van der Waals surface area contributed by atoms with Gasteiger partial charge in [-0.2, -0.15) is 0 Å². The van der Waals surface area contributed by atoms with Crippen molar-refractivity contribution in [2.45, 2.75) is 6.42 Å². The van der Waals surface area contributed by atoms with Crippen molar-refractivity contribution in [2.24, 2.45) is 0 Å². The van der Waals surface area contributed by atoms with Crippen LogP contribution < -0.4 is 19.2 Å². The predicted molar refractivity (Wildman–Crippen MR) is 98.0 cm³/mol. The van der Waals surface area contributed by atoms with Gasteiger partial charge >= 0.3 is 0 Å². The molecule has 0 unspecified atom stereocenters. The monoisotopic (exact) mass is 389 g/mol. The number of hydrogen-bond donors (Lipinski definition) is 0. The van der Waals surface area contributed by atoms with Gasteiger partial charge in [-0.3, -0.25) is 0 Å². The number of rotatable bonds is 3. The summed E-state index contributed by atoms with van der Waals surface area (Å²) in [7, 11) is -2.24. The summed E-state index contributed by atoms with van der Waals surface area (Å²) < 4.78 is 43.4. The molecule has 8 heteroatoms. The van der Waals surface area contributed by atoms with Crippen LogP contribution in [0.25, 0.3) is 10.8 Å². The molecule has 0 spiro atoms. The van der Waals surface area contributed by atoms with Crippen LogP contribution in [0, 0.1) is 0 Å². The zero-order valence-electron chi connectivity index (χ0n) is 14.9. The average Bonchev–Trinajstić information content (AvgIpc) is 3.07. The number of aromatic nitrogens is 1. The van der Waals surface area contributed by atoms with Crippen molar-refractivity contribution in [2.75, 3.05) is 20.2 Å². The van der Waals surface area contributed by atoms with Crippen LogP contribution in [0.1, 0.15) is 11.1 Å². The van der Waals surface area contributed by atoms with Gasteiger partial charge in [-0.05, 0) is 29.8 Å². The lowest BCUT2D eigenvalue weighted by molar-refractivity contribution is -0.376. The van der Waals surface area contributed by atoms with Gasteiger partial charge in [0.2, 0.25) is 6.79 Å². The van der Waals surface area contributed by atoms with E-state index in [4.69, 9.17) is 27.2 Å². The third-order valence-corrected chi connectivity index (χ3v) is 3.94. The molecule has 4 rings (SSSR count). The number of pyridine rings is 1. The fraction of sp³-hybridized carbons (Fsp3) is 0.211. The van der Waals surface area contributed by atoms with Gasteiger partial charge in [0.1, 0.15) is 5.75 Å². The Morgan fingerprint density at radius 2 is 1.74 bits per heavy atom. The molecule has 0 saturated carbocycles. The topological polar surface area (TPSA) is 99.0 Å². The summed E-state index contributed by atoms with van der Waals surface area (Å²) in [5.74, 6) is 2.49. The minimum atomic E-state index is -3.92. The molecule has 2 aromatic carbocycles. The maximum Gasteiger partial charge on any atom is 0.231 e. The van der Waals surface area contributed by atoms with E-state index in [-0.39, 0.29) is 0 Å².